The third-order valence-corrected chi connectivity index (χ3v) is 4.32. The Morgan fingerprint density at radius 2 is 1.80 bits per heavy atom. The number of hydrogen-bond donors (Lipinski definition) is 3. The van der Waals surface area contributed by atoms with Crippen LogP contribution < -0.4 is 21.1 Å². The summed E-state index contributed by atoms with van der Waals surface area (Å²) in [6.45, 7) is 7.82. The summed E-state index contributed by atoms with van der Waals surface area (Å²) in [7, 11) is 0. The van der Waals surface area contributed by atoms with Gasteiger partial charge in [0.2, 0.25) is 0 Å². The molecule has 136 valence electrons. The van der Waals surface area contributed by atoms with Crippen LogP contribution in [-0.4, -0.2) is 0 Å². The van der Waals surface area contributed by atoms with Crippen molar-refractivity contribution in [1.82, 2.24) is 5.32 Å². The fourth-order valence-corrected chi connectivity index (χ4v) is 2.67. The minimum absolute atomic E-state index is 0. The summed E-state index contributed by atoms with van der Waals surface area (Å²) in [5, 5.41) is 6.68. The lowest BCUT2D eigenvalue weighted by molar-refractivity contribution is 0.415. The van der Waals surface area contributed by atoms with E-state index in [1.165, 1.54) is 22.3 Å². The van der Waals surface area contributed by atoms with E-state index in [4.69, 9.17) is 10.5 Å². The molecule has 0 radical (unpaired) electrons. The topological polar surface area (TPSA) is 59.3 Å². The van der Waals surface area contributed by atoms with Gasteiger partial charge in [-0.2, -0.15) is 0 Å². The number of allylic oxidation sites excluding steroid dienone is 1. The van der Waals surface area contributed by atoms with E-state index in [0.717, 1.165) is 24.5 Å². The van der Waals surface area contributed by atoms with E-state index in [1.54, 1.807) is 0 Å². The molecule has 1 aliphatic rings. The molecule has 0 amide bonds. The zero-order valence-electron chi connectivity index (χ0n) is 14.7. The van der Waals surface area contributed by atoms with E-state index in [9.17, 15) is 0 Å². The normalized spacial score (nSPS) is 12.3. The number of hydrogen-bond acceptors (Lipinski definition) is 4. The quantitative estimate of drug-likeness (QED) is 0.734. The first-order valence-corrected chi connectivity index (χ1v) is 7.84. The van der Waals surface area contributed by atoms with Crippen molar-refractivity contribution in [3.05, 3.63) is 70.2 Å². The largest absolute Gasteiger partial charge is 0.456 e. The van der Waals surface area contributed by atoms with Gasteiger partial charge in [-0.1, -0.05) is 24.3 Å². The standard InChI is InChI=1S/C19H23N3O.2ClH/c1-12-5-4-6-16(13(12)2)11-21-10-15-7-8-18-17(9-15)22-19(20)14(3)23-18;;/h4-9,21-22H,10-11,20H2,1-3H3;2*1H. The van der Waals surface area contributed by atoms with Gasteiger partial charge in [-0.25, -0.2) is 0 Å². The summed E-state index contributed by atoms with van der Waals surface area (Å²) in [6, 6.07) is 12.6. The van der Waals surface area contributed by atoms with Gasteiger partial charge in [0.15, 0.2) is 5.75 Å². The smallest absolute Gasteiger partial charge is 0.150 e. The highest BCUT2D eigenvalue weighted by atomic mass is 35.5. The van der Waals surface area contributed by atoms with E-state index in [0.29, 0.717) is 11.6 Å². The lowest BCUT2D eigenvalue weighted by atomic mass is 10.0. The molecule has 3 rings (SSSR count). The molecule has 2 aromatic rings. The number of fused-ring (bicyclic) bond motifs is 1. The highest BCUT2D eigenvalue weighted by molar-refractivity contribution is 5.85. The van der Waals surface area contributed by atoms with Crippen LogP contribution in [0.2, 0.25) is 0 Å². The van der Waals surface area contributed by atoms with Crippen LogP contribution in [0.25, 0.3) is 0 Å². The first-order valence-electron chi connectivity index (χ1n) is 7.84. The Kier molecular flexibility index (Phi) is 7.61. The third kappa shape index (κ3) is 4.82. The Labute approximate surface area is 161 Å². The molecule has 0 saturated heterocycles. The maximum absolute atomic E-state index is 5.88. The maximum Gasteiger partial charge on any atom is 0.150 e. The minimum atomic E-state index is 0. The number of anilines is 1. The average Bonchev–Trinajstić information content (AvgIpc) is 2.53. The predicted octanol–water partition coefficient (Wildman–Crippen LogP) is 4.39. The first kappa shape index (κ1) is 21.2. The van der Waals surface area contributed by atoms with Crippen LogP contribution >= 0.6 is 24.8 Å². The highest BCUT2D eigenvalue weighted by Crippen LogP contribution is 2.32. The summed E-state index contributed by atoms with van der Waals surface area (Å²) in [5.74, 6) is 2.09. The van der Waals surface area contributed by atoms with Crippen LogP contribution in [-0.2, 0) is 13.1 Å². The van der Waals surface area contributed by atoms with E-state index in [-0.39, 0.29) is 24.8 Å². The van der Waals surface area contributed by atoms with Gasteiger partial charge in [-0.3, -0.25) is 0 Å². The summed E-state index contributed by atoms with van der Waals surface area (Å²) < 4.78 is 5.67. The summed E-state index contributed by atoms with van der Waals surface area (Å²) in [4.78, 5) is 0. The molecule has 0 fully saturated rings. The van der Waals surface area contributed by atoms with Gasteiger partial charge in [-0.05, 0) is 55.2 Å². The molecule has 1 aliphatic heterocycles. The zero-order valence-corrected chi connectivity index (χ0v) is 16.3. The van der Waals surface area contributed by atoms with Gasteiger partial charge in [-0.15, -0.1) is 24.8 Å². The van der Waals surface area contributed by atoms with Crippen molar-refractivity contribution < 1.29 is 4.74 Å². The van der Waals surface area contributed by atoms with Gasteiger partial charge >= 0.3 is 0 Å². The Morgan fingerprint density at radius 3 is 2.56 bits per heavy atom. The maximum atomic E-state index is 5.88. The van der Waals surface area contributed by atoms with Gasteiger partial charge in [0.25, 0.3) is 0 Å². The summed E-state index contributed by atoms with van der Waals surface area (Å²) >= 11 is 0. The monoisotopic (exact) mass is 381 g/mol. The molecule has 4 nitrogen and oxygen atoms in total. The molecule has 2 aromatic carbocycles. The number of rotatable bonds is 4. The Morgan fingerprint density at radius 1 is 1.04 bits per heavy atom. The predicted molar refractivity (Wildman–Crippen MR) is 109 cm³/mol. The van der Waals surface area contributed by atoms with Crippen LogP contribution in [0.15, 0.2) is 48.0 Å². The molecule has 0 spiro atoms. The van der Waals surface area contributed by atoms with Crippen molar-refractivity contribution in [3.63, 3.8) is 0 Å². The average molecular weight is 382 g/mol. The third-order valence-electron chi connectivity index (χ3n) is 4.32. The van der Waals surface area contributed by atoms with E-state index in [1.807, 2.05) is 13.0 Å². The van der Waals surface area contributed by atoms with Gasteiger partial charge in [0, 0.05) is 13.1 Å². The number of aryl methyl sites for hydroxylation is 1. The fourth-order valence-electron chi connectivity index (χ4n) is 2.67. The van der Waals surface area contributed by atoms with Crippen molar-refractivity contribution in [1.29, 1.82) is 0 Å². The van der Waals surface area contributed by atoms with E-state index >= 15 is 0 Å². The molecule has 0 saturated carbocycles. The van der Waals surface area contributed by atoms with Crippen molar-refractivity contribution in [2.24, 2.45) is 5.73 Å². The lowest BCUT2D eigenvalue weighted by Gasteiger charge is -2.21. The van der Waals surface area contributed by atoms with Crippen molar-refractivity contribution in [2.75, 3.05) is 5.32 Å². The van der Waals surface area contributed by atoms with Crippen LogP contribution in [0, 0.1) is 13.8 Å². The SMILES string of the molecule is CC1=C(N)Nc2cc(CNCc3cccc(C)c3C)ccc2O1.Cl.Cl. The molecule has 1 heterocycles. The van der Waals surface area contributed by atoms with Gasteiger partial charge in [0.1, 0.15) is 11.6 Å². The Hall–Kier alpha value is -1.88. The Bertz CT molecular complexity index is 775. The Balaban J connectivity index is 0.00000156. The van der Waals surface area contributed by atoms with Gasteiger partial charge in [0.05, 0.1) is 5.69 Å². The van der Waals surface area contributed by atoms with Crippen molar-refractivity contribution in [3.8, 4) is 5.75 Å². The second kappa shape index (κ2) is 8.99. The minimum Gasteiger partial charge on any atom is -0.456 e. The zero-order chi connectivity index (χ0) is 16.4. The first-order chi connectivity index (χ1) is 11.0. The molecule has 4 N–H and O–H groups in total. The van der Waals surface area contributed by atoms with Crippen molar-refractivity contribution in [2.45, 2.75) is 33.9 Å². The van der Waals surface area contributed by atoms with Crippen LogP contribution in [0.1, 0.15) is 29.2 Å². The molecule has 0 bridgehead atoms. The molecule has 0 aliphatic carbocycles. The number of nitrogens with one attached hydrogen (secondary N) is 2. The van der Waals surface area contributed by atoms with Crippen LogP contribution in [0.5, 0.6) is 5.75 Å². The molecular formula is C19H25Cl2N3O. The highest BCUT2D eigenvalue weighted by Gasteiger charge is 2.14. The summed E-state index contributed by atoms with van der Waals surface area (Å²) in [5.41, 5.74) is 12.0. The van der Waals surface area contributed by atoms with E-state index in [2.05, 4.69) is 54.8 Å². The molecule has 0 unspecified atom stereocenters. The van der Waals surface area contributed by atoms with Gasteiger partial charge < -0.3 is 21.1 Å². The molecular weight excluding hydrogens is 357 g/mol. The fraction of sp³-hybridized carbons (Fsp3) is 0.263. The number of halogens is 2. The summed E-state index contributed by atoms with van der Waals surface area (Å²) in [6.07, 6.45) is 0. The van der Waals surface area contributed by atoms with E-state index < -0.39 is 0 Å². The number of benzene rings is 2. The number of nitrogens with two attached hydrogens (primary N) is 1. The van der Waals surface area contributed by atoms with Crippen molar-refractivity contribution >= 4 is 30.5 Å². The molecule has 0 atom stereocenters. The molecule has 25 heavy (non-hydrogen) atoms. The lowest BCUT2D eigenvalue weighted by Crippen LogP contribution is -2.19. The number of ether oxygens (including phenoxy) is 1. The second-order valence-corrected chi connectivity index (χ2v) is 5.99. The molecule has 0 aromatic heterocycles. The second-order valence-electron chi connectivity index (χ2n) is 5.99. The van der Waals surface area contributed by atoms with Crippen LogP contribution in [0.4, 0.5) is 5.69 Å². The molecule has 6 heteroatoms. The van der Waals surface area contributed by atoms with Crippen LogP contribution in [0.3, 0.4) is 0 Å².